The lowest BCUT2D eigenvalue weighted by atomic mass is 10.1. The molecule has 5 nitrogen and oxygen atoms in total. The molecule has 1 heterocycles. The Balaban J connectivity index is 2.35. The van der Waals surface area contributed by atoms with Gasteiger partial charge in [-0.3, -0.25) is 0 Å². The van der Waals surface area contributed by atoms with Crippen LogP contribution in [0.5, 0.6) is 0 Å². The van der Waals surface area contributed by atoms with Gasteiger partial charge >= 0.3 is 0 Å². The third-order valence-electron chi connectivity index (χ3n) is 2.31. The minimum atomic E-state index is 0.104. The van der Waals surface area contributed by atoms with Crippen LogP contribution < -0.4 is 17.2 Å². The quantitative estimate of drug-likeness (QED) is 0.687. The highest BCUT2D eigenvalue weighted by Crippen LogP contribution is 2.20. The Morgan fingerprint density at radius 2 is 1.44 bits per heavy atom. The number of aromatic nitrogens is 2. The second-order valence-corrected chi connectivity index (χ2v) is 3.49. The molecule has 0 amide bonds. The summed E-state index contributed by atoms with van der Waals surface area (Å²) in [5.41, 5.74) is 18.8. The molecule has 0 aliphatic carbocycles. The van der Waals surface area contributed by atoms with Crippen LogP contribution in [-0.4, -0.2) is 9.97 Å². The average molecular weight is 215 g/mol. The summed E-state index contributed by atoms with van der Waals surface area (Å²) in [6.07, 6.45) is 0.610. The summed E-state index contributed by atoms with van der Waals surface area (Å²) in [7, 11) is 0. The lowest BCUT2D eigenvalue weighted by Crippen LogP contribution is -2.09. The maximum atomic E-state index is 5.76. The van der Waals surface area contributed by atoms with Gasteiger partial charge in [-0.1, -0.05) is 30.3 Å². The fraction of sp³-hybridized carbons (Fsp3) is 0.0909. The van der Waals surface area contributed by atoms with Crippen molar-refractivity contribution in [1.29, 1.82) is 0 Å². The molecule has 82 valence electrons. The number of hydrogen-bond donors (Lipinski definition) is 3. The van der Waals surface area contributed by atoms with E-state index in [1.54, 1.807) is 0 Å². The fourth-order valence-corrected chi connectivity index (χ4v) is 1.52. The molecule has 5 heteroatoms. The van der Waals surface area contributed by atoms with Crippen molar-refractivity contribution in [2.24, 2.45) is 0 Å². The Morgan fingerprint density at radius 3 is 2.00 bits per heavy atom. The zero-order chi connectivity index (χ0) is 11.5. The van der Waals surface area contributed by atoms with E-state index < -0.39 is 0 Å². The van der Waals surface area contributed by atoms with E-state index in [2.05, 4.69) is 9.97 Å². The maximum absolute atomic E-state index is 5.76. The van der Waals surface area contributed by atoms with Crippen molar-refractivity contribution < 1.29 is 0 Å². The van der Waals surface area contributed by atoms with Crippen LogP contribution in [0.1, 0.15) is 11.1 Å². The Hall–Kier alpha value is -2.30. The molecular formula is C11H13N5. The first-order chi connectivity index (χ1) is 7.66. The maximum Gasteiger partial charge on any atom is 0.223 e. The molecule has 1 aromatic heterocycles. The zero-order valence-corrected chi connectivity index (χ0v) is 8.72. The van der Waals surface area contributed by atoms with Gasteiger partial charge in [0.25, 0.3) is 0 Å². The molecule has 16 heavy (non-hydrogen) atoms. The lowest BCUT2D eigenvalue weighted by Gasteiger charge is -2.08. The van der Waals surface area contributed by atoms with Crippen molar-refractivity contribution >= 4 is 17.6 Å². The van der Waals surface area contributed by atoms with Gasteiger partial charge in [-0.15, -0.1) is 0 Å². The first kappa shape index (κ1) is 10.2. The molecular weight excluding hydrogens is 202 g/mol. The lowest BCUT2D eigenvalue weighted by molar-refractivity contribution is 1.10. The number of nitrogens with zero attached hydrogens (tertiary/aromatic N) is 2. The number of anilines is 3. The van der Waals surface area contributed by atoms with E-state index in [1.165, 1.54) is 0 Å². The van der Waals surface area contributed by atoms with Crippen LogP contribution >= 0.6 is 0 Å². The van der Waals surface area contributed by atoms with Gasteiger partial charge in [0.2, 0.25) is 5.95 Å². The molecule has 0 bridgehead atoms. The van der Waals surface area contributed by atoms with Crippen molar-refractivity contribution in [3.05, 3.63) is 41.5 Å². The predicted molar refractivity (Wildman–Crippen MR) is 64.5 cm³/mol. The molecule has 0 spiro atoms. The van der Waals surface area contributed by atoms with Gasteiger partial charge in [0.1, 0.15) is 11.6 Å². The van der Waals surface area contributed by atoms with Crippen molar-refractivity contribution in [2.45, 2.75) is 6.42 Å². The fourth-order valence-electron chi connectivity index (χ4n) is 1.52. The van der Waals surface area contributed by atoms with Crippen LogP contribution in [0.15, 0.2) is 30.3 Å². The molecule has 0 aliphatic rings. The van der Waals surface area contributed by atoms with E-state index in [0.29, 0.717) is 18.1 Å². The number of hydrogen-bond acceptors (Lipinski definition) is 5. The first-order valence-electron chi connectivity index (χ1n) is 4.88. The molecule has 0 radical (unpaired) electrons. The number of rotatable bonds is 2. The van der Waals surface area contributed by atoms with E-state index in [9.17, 15) is 0 Å². The molecule has 0 fully saturated rings. The SMILES string of the molecule is Nc1nc(N)c(Cc2ccccc2)c(N)n1. The van der Waals surface area contributed by atoms with Crippen molar-refractivity contribution in [3.8, 4) is 0 Å². The highest BCUT2D eigenvalue weighted by atomic mass is 15.1. The summed E-state index contributed by atoms with van der Waals surface area (Å²) in [6.45, 7) is 0. The van der Waals surface area contributed by atoms with Gasteiger partial charge in [-0.2, -0.15) is 9.97 Å². The summed E-state index contributed by atoms with van der Waals surface area (Å²) >= 11 is 0. The van der Waals surface area contributed by atoms with Gasteiger partial charge in [-0.25, -0.2) is 0 Å². The van der Waals surface area contributed by atoms with Crippen LogP contribution in [-0.2, 0) is 6.42 Å². The summed E-state index contributed by atoms with van der Waals surface area (Å²) in [4.78, 5) is 7.79. The molecule has 2 aromatic rings. The Labute approximate surface area is 93.3 Å². The average Bonchev–Trinajstić information content (AvgIpc) is 2.25. The molecule has 0 atom stereocenters. The van der Waals surface area contributed by atoms with Gasteiger partial charge in [-0.05, 0) is 5.56 Å². The van der Waals surface area contributed by atoms with Gasteiger partial charge in [0.05, 0.1) is 0 Å². The molecule has 0 unspecified atom stereocenters. The summed E-state index contributed by atoms with van der Waals surface area (Å²) in [5, 5.41) is 0. The third kappa shape index (κ3) is 2.03. The second-order valence-electron chi connectivity index (χ2n) is 3.49. The molecule has 2 rings (SSSR count). The molecule has 6 N–H and O–H groups in total. The zero-order valence-electron chi connectivity index (χ0n) is 8.72. The summed E-state index contributed by atoms with van der Waals surface area (Å²) in [5.74, 6) is 0.787. The predicted octanol–water partition coefficient (Wildman–Crippen LogP) is 0.814. The van der Waals surface area contributed by atoms with Gasteiger partial charge < -0.3 is 17.2 Å². The van der Waals surface area contributed by atoms with Crippen molar-refractivity contribution in [1.82, 2.24) is 9.97 Å². The minimum absolute atomic E-state index is 0.104. The van der Waals surface area contributed by atoms with E-state index in [0.717, 1.165) is 11.1 Å². The minimum Gasteiger partial charge on any atom is -0.383 e. The number of benzene rings is 1. The van der Waals surface area contributed by atoms with Gasteiger partial charge in [0.15, 0.2) is 0 Å². The normalized spacial score (nSPS) is 10.2. The van der Waals surface area contributed by atoms with Crippen molar-refractivity contribution in [3.63, 3.8) is 0 Å². The molecule has 0 saturated carbocycles. The van der Waals surface area contributed by atoms with Crippen LogP contribution in [0.25, 0.3) is 0 Å². The van der Waals surface area contributed by atoms with E-state index >= 15 is 0 Å². The van der Waals surface area contributed by atoms with Crippen LogP contribution in [0.3, 0.4) is 0 Å². The molecule has 1 aromatic carbocycles. The summed E-state index contributed by atoms with van der Waals surface area (Å²) in [6, 6.07) is 9.86. The standard InChI is InChI=1S/C11H13N5/c12-9-8(10(13)16-11(14)15-9)6-7-4-2-1-3-5-7/h1-5H,6H2,(H6,12,13,14,15,16). The number of nitrogen functional groups attached to an aromatic ring is 3. The van der Waals surface area contributed by atoms with Crippen LogP contribution in [0, 0.1) is 0 Å². The Bertz CT molecular complexity index is 472. The smallest absolute Gasteiger partial charge is 0.223 e. The molecule has 0 aliphatic heterocycles. The highest BCUT2D eigenvalue weighted by Gasteiger charge is 2.09. The van der Waals surface area contributed by atoms with E-state index in [4.69, 9.17) is 17.2 Å². The first-order valence-corrected chi connectivity index (χ1v) is 4.88. The molecule has 0 saturated heterocycles. The monoisotopic (exact) mass is 215 g/mol. The largest absolute Gasteiger partial charge is 0.383 e. The van der Waals surface area contributed by atoms with Crippen LogP contribution in [0.2, 0.25) is 0 Å². The number of nitrogens with two attached hydrogens (primary N) is 3. The third-order valence-corrected chi connectivity index (χ3v) is 2.31. The van der Waals surface area contributed by atoms with E-state index in [1.807, 2.05) is 30.3 Å². The topological polar surface area (TPSA) is 104 Å². The Kier molecular flexibility index (Phi) is 2.59. The van der Waals surface area contributed by atoms with Crippen LogP contribution in [0.4, 0.5) is 17.6 Å². The Morgan fingerprint density at radius 1 is 0.875 bits per heavy atom. The van der Waals surface area contributed by atoms with E-state index in [-0.39, 0.29) is 5.95 Å². The van der Waals surface area contributed by atoms with Gasteiger partial charge in [0, 0.05) is 12.0 Å². The summed E-state index contributed by atoms with van der Waals surface area (Å²) < 4.78 is 0. The highest BCUT2D eigenvalue weighted by molar-refractivity contribution is 5.57. The second kappa shape index (κ2) is 4.06. The van der Waals surface area contributed by atoms with Crippen molar-refractivity contribution in [2.75, 3.05) is 17.2 Å².